The minimum atomic E-state index is -3.19. The molecule has 0 aromatic carbocycles. The molecule has 0 amide bonds. The van der Waals surface area contributed by atoms with Gasteiger partial charge in [0, 0.05) is 12.3 Å². The van der Waals surface area contributed by atoms with Crippen molar-refractivity contribution in [2.45, 2.75) is 58.2 Å². The quantitative estimate of drug-likeness (QED) is 0.695. The van der Waals surface area contributed by atoms with Gasteiger partial charge in [0.15, 0.2) is 0 Å². The van der Waals surface area contributed by atoms with Gasteiger partial charge in [0.05, 0.1) is 18.9 Å². The average Bonchev–Trinajstić information content (AvgIpc) is 2.90. The summed E-state index contributed by atoms with van der Waals surface area (Å²) in [5.74, 6) is -0.0558. The summed E-state index contributed by atoms with van der Waals surface area (Å²) in [5, 5.41) is 4.16. The molecule has 2 aliphatic rings. The van der Waals surface area contributed by atoms with Crippen molar-refractivity contribution in [2.24, 2.45) is 11.1 Å². The van der Waals surface area contributed by atoms with Crippen LogP contribution in [-0.2, 0) is 18.5 Å². The SMILES string of the molecule is CCOP(=O)(OCC)[C@@H]1CC(C2CCCCC2)=NO1. The average molecular weight is 289 g/mol. The summed E-state index contributed by atoms with van der Waals surface area (Å²) in [6.07, 6.45) is 6.74. The molecule has 0 radical (unpaired) electrons. The van der Waals surface area contributed by atoms with E-state index in [1.807, 2.05) is 13.8 Å². The van der Waals surface area contributed by atoms with Crippen molar-refractivity contribution in [3.63, 3.8) is 0 Å². The lowest BCUT2D eigenvalue weighted by atomic mass is 9.85. The topological polar surface area (TPSA) is 57.1 Å². The molecule has 1 aliphatic carbocycles. The van der Waals surface area contributed by atoms with Crippen molar-refractivity contribution in [3.8, 4) is 0 Å². The summed E-state index contributed by atoms with van der Waals surface area (Å²) in [5.41, 5.74) is 1.05. The van der Waals surface area contributed by atoms with Gasteiger partial charge >= 0.3 is 7.60 Å². The molecule has 0 aromatic rings. The second kappa shape index (κ2) is 6.87. The van der Waals surface area contributed by atoms with Gasteiger partial charge in [-0.15, -0.1) is 0 Å². The highest BCUT2D eigenvalue weighted by atomic mass is 31.2. The molecule has 1 heterocycles. The van der Waals surface area contributed by atoms with Crippen LogP contribution < -0.4 is 0 Å². The second-order valence-corrected chi connectivity index (χ2v) is 7.23. The minimum absolute atomic E-state index is 0.357. The lowest BCUT2D eigenvalue weighted by Gasteiger charge is -2.22. The zero-order valence-corrected chi connectivity index (χ0v) is 12.7. The maximum Gasteiger partial charge on any atom is 0.374 e. The summed E-state index contributed by atoms with van der Waals surface area (Å²) < 4.78 is 23.2. The summed E-state index contributed by atoms with van der Waals surface area (Å²) in [4.78, 5) is 5.36. The van der Waals surface area contributed by atoms with Gasteiger partial charge in [-0.05, 0) is 26.7 Å². The zero-order chi connectivity index (χ0) is 13.7. The molecular weight excluding hydrogens is 265 g/mol. The number of rotatable bonds is 6. The summed E-state index contributed by atoms with van der Waals surface area (Å²) in [6, 6.07) is 0. The van der Waals surface area contributed by atoms with Crippen LogP contribution in [0, 0.1) is 5.92 Å². The Morgan fingerprint density at radius 3 is 2.42 bits per heavy atom. The lowest BCUT2D eigenvalue weighted by molar-refractivity contribution is 0.0958. The van der Waals surface area contributed by atoms with Gasteiger partial charge in [-0.2, -0.15) is 0 Å². The number of hydrogen-bond acceptors (Lipinski definition) is 5. The van der Waals surface area contributed by atoms with E-state index in [1.165, 1.54) is 32.1 Å². The van der Waals surface area contributed by atoms with E-state index in [0.717, 1.165) is 5.71 Å². The Labute approximate surface area is 115 Å². The minimum Gasteiger partial charge on any atom is -0.379 e. The predicted octanol–water partition coefficient (Wildman–Crippen LogP) is 3.94. The predicted molar refractivity (Wildman–Crippen MR) is 74.4 cm³/mol. The van der Waals surface area contributed by atoms with Crippen molar-refractivity contribution in [3.05, 3.63) is 0 Å². The van der Waals surface area contributed by atoms with E-state index >= 15 is 0 Å². The summed E-state index contributed by atoms with van der Waals surface area (Å²) in [7, 11) is -3.19. The van der Waals surface area contributed by atoms with Crippen LogP contribution in [-0.4, -0.2) is 24.8 Å². The number of hydrogen-bond donors (Lipinski definition) is 0. The van der Waals surface area contributed by atoms with E-state index in [9.17, 15) is 4.57 Å². The van der Waals surface area contributed by atoms with Crippen molar-refractivity contribution < 1.29 is 18.5 Å². The van der Waals surface area contributed by atoms with Crippen LogP contribution in [0.2, 0.25) is 0 Å². The smallest absolute Gasteiger partial charge is 0.374 e. The van der Waals surface area contributed by atoms with Gasteiger partial charge in [-0.3, -0.25) is 4.57 Å². The third-order valence-corrected chi connectivity index (χ3v) is 5.94. The fourth-order valence-electron chi connectivity index (χ4n) is 2.79. The standard InChI is InChI=1S/C13H24NO4P/c1-3-16-19(15,17-4-2)13-10-12(14-18-13)11-8-6-5-7-9-11/h11,13H,3-10H2,1-2H3/t13-/m1/s1. The molecule has 5 nitrogen and oxygen atoms in total. The van der Waals surface area contributed by atoms with Gasteiger partial charge in [-0.25, -0.2) is 0 Å². The van der Waals surface area contributed by atoms with Crippen LogP contribution >= 0.6 is 7.60 Å². The second-order valence-electron chi connectivity index (χ2n) is 5.06. The highest BCUT2D eigenvalue weighted by molar-refractivity contribution is 7.54. The molecule has 2 rings (SSSR count). The molecule has 19 heavy (non-hydrogen) atoms. The normalized spacial score (nSPS) is 25.2. The molecule has 1 aliphatic heterocycles. The Balaban J connectivity index is 1.96. The van der Waals surface area contributed by atoms with Crippen molar-refractivity contribution in [1.82, 2.24) is 0 Å². The number of oxime groups is 1. The van der Waals surface area contributed by atoms with Gasteiger partial charge in [0.2, 0.25) is 5.85 Å². The van der Waals surface area contributed by atoms with Crippen molar-refractivity contribution in [2.75, 3.05) is 13.2 Å². The van der Waals surface area contributed by atoms with Crippen LogP contribution in [0.4, 0.5) is 0 Å². The molecule has 0 saturated heterocycles. The Morgan fingerprint density at radius 2 is 1.84 bits per heavy atom. The van der Waals surface area contributed by atoms with Crippen LogP contribution in [0.3, 0.4) is 0 Å². The Kier molecular flexibility index (Phi) is 5.43. The van der Waals surface area contributed by atoms with Crippen LogP contribution in [0.15, 0.2) is 5.16 Å². The molecule has 0 bridgehead atoms. The third kappa shape index (κ3) is 3.59. The maximum absolute atomic E-state index is 12.6. The molecule has 0 aromatic heterocycles. The third-order valence-electron chi connectivity index (χ3n) is 3.72. The van der Waals surface area contributed by atoms with E-state index in [0.29, 0.717) is 25.6 Å². The molecule has 0 spiro atoms. The first kappa shape index (κ1) is 15.0. The molecule has 1 atom stereocenters. The molecule has 1 fully saturated rings. The first-order valence-electron chi connectivity index (χ1n) is 7.31. The van der Waals surface area contributed by atoms with E-state index in [2.05, 4.69) is 5.16 Å². The van der Waals surface area contributed by atoms with Crippen molar-refractivity contribution >= 4 is 13.3 Å². The Bertz CT molecular complexity index is 356. The Hall–Kier alpha value is -0.380. The molecular formula is C13H24NO4P. The largest absolute Gasteiger partial charge is 0.379 e. The van der Waals surface area contributed by atoms with Gasteiger partial charge in [0.25, 0.3) is 0 Å². The first-order chi connectivity index (χ1) is 9.19. The molecule has 0 N–H and O–H groups in total. The molecule has 1 saturated carbocycles. The van der Waals surface area contributed by atoms with E-state index in [4.69, 9.17) is 13.9 Å². The van der Waals surface area contributed by atoms with E-state index < -0.39 is 13.4 Å². The van der Waals surface area contributed by atoms with Gasteiger partial charge in [0.1, 0.15) is 0 Å². The highest BCUT2D eigenvalue weighted by Gasteiger charge is 2.43. The van der Waals surface area contributed by atoms with E-state index in [-0.39, 0.29) is 0 Å². The number of nitrogens with zero attached hydrogens (tertiary/aromatic N) is 1. The van der Waals surface area contributed by atoms with Crippen LogP contribution in [0.25, 0.3) is 0 Å². The van der Waals surface area contributed by atoms with Gasteiger partial charge in [-0.1, -0.05) is 24.4 Å². The zero-order valence-electron chi connectivity index (χ0n) is 11.8. The molecule has 6 heteroatoms. The first-order valence-corrected chi connectivity index (χ1v) is 8.92. The summed E-state index contributed by atoms with van der Waals surface area (Å²) >= 11 is 0. The fraction of sp³-hybridized carbons (Fsp3) is 0.923. The van der Waals surface area contributed by atoms with Crippen LogP contribution in [0.5, 0.6) is 0 Å². The van der Waals surface area contributed by atoms with Gasteiger partial charge < -0.3 is 13.9 Å². The molecule has 110 valence electrons. The highest BCUT2D eigenvalue weighted by Crippen LogP contribution is 2.56. The monoisotopic (exact) mass is 289 g/mol. The Morgan fingerprint density at radius 1 is 1.21 bits per heavy atom. The van der Waals surface area contributed by atoms with E-state index in [1.54, 1.807) is 0 Å². The van der Waals surface area contributed by atoms with Crippen LogP contribution in [0.1, 0.15) is 52.4 Å². The fourth-order valence-corrected chi connectivity index (χ4v) is 4.49. The summed E-state index contributed by atoms with van der Waals surface area (Å²) in [6.45, 7) is 4.33. The maximum atomic E-state index is 12.6. The lowest BCUT2D eigenvalue weighted by Crippen LogP contribution is -2.19. The van der Waals surface area contributed by atoms with Crippen molar-refractivity contribution in [1.29, 1.82) is 0 Å². The molecule has 0 unspecified atom stereocenters.